The minimum atomic E-state index is -0.461. The minimum Gasteiger partial charge on any atom is -0.497 e. The number of hydrogen-bond acceptors (Lipinski definition) is 7. The fourth-order valence-electron chi connectivity index (χ4n) is 2.08. The molecule has 0 unspecified atom stereocenters. The molecule has 8 heteroatoms. The number of ether oxygens (including phenoxy) is 2. The first-order valence-electron chi connectivity index (χ1n) is 7.50. The number of aromatic nitrogens is 4. The van der Waals surface area contributed by atoms with Crippen LogP contribution in [0.5, 0.6) is 5.75 Å². The van der Waals surface area contributed by atoms with Crippen molar-refractivity contribution >= 4 is 11.5 Å². The Kier molecular flexibility index (Phi) is 5.89. The van der Waals surface area contributed by atoms with Gasteiger partial charge in [0, 0.05) is 20.3 Å². The van der Waals surface area contributed by atoms with Gasteiger partial charge in [0.15, 0.2) is 5.82 Å². The summed E-state index contributed by atoms with van der Waals surface area (Å²) in [5.41, 5.74) is 1.29. The number of carbonyl (C=O) groups excluding carboxylic acids is 1. The smallest absolute Gasteiger partial charge is 0.343 e. The van der Waals surface area contributed by atoms with Gasteiger partial charge in [-0.15, -0.1) is 5.10 Å². The number of carbonyl (C=O) groups is 1. The third kappa shape index (κ3) is 4.31. The van der Waals surface area contributed by atoms with E-state index in [1.54, 1.807) is 29.8 Å². The molecule has 0 N–H and O–H groups in total. The highest BCUT2D eigenvalue weighted by Gasteiger charge is 2.21. The Hall–Kier alpha value is -2.90. The van der Waals surface area contributed by atoms with Gasteiger partial charge in [0.1, 0.15) is 11.3 Å². The average molecular weight is 331 g/mol. The van der Waals surface area contributed by atoms with Crippen LogP contribution in [-0.4, -0.2) is 58.9 Å². The van der Waals surface area contributed by atoms with Crippen LogP contribution in [-0.2, 0) is 16.1 Å². The van der Waals surface area contributed by atoms with Crippen molar-refractivity contribution < 1.29 is 14.3 Å². The molecule has 0 aliphatic rings. The third-order valence-electron chi connectivity index (χ3n) is 3.15. The van der Waals surface area contributed by atoms with E-state index in [4.69, 9.17) is 9.47 Å². The zero-order valence-electron chi connectivity index (χ0n) is 14.3. The van der Waals surface area contributed by atoms with Crippen LogP contribution in [0, 0.1) is 0 Å². The topological polar surface area (TPSA) is 82.4 Å². The average Bonchev–Trinajstić information content (AvgIpc) is 3.01. The van der Waals surface area contributed by atoms with Gasteiger partial charge in [-0.25, -0.2) is 9.48 Å². The van der Waals surface area contributed by atoms with Crippen molar-refractivity contribution in [2.75, 3.05) is 27.8 Å². The largest absolute Gasteiger partial charge is 0.497 e. The molecule has 1 aromatic carbocycles. The van der Waals surface area contributed by atoms with E-state index in [2.05, 4.69) is 15.5 Å². The van der Waals surface area contributed by atoms with Crippen LogP contribution in [0.3, 0.4) is 0 Å². The lowest BCUT2D eigenvalue weighted by molar-refractivity contribution is -0.136. The van der Waals surface area contributed by atoms with Crippen molar-refractivity contribution in [3.63, 3.8) is 0 Å². The Labute approximate surface area is 140 Å². The molecule has 8 nitrogen and oxygen atoms in total. The van der Waals surface area contributed by atoms with E-state index in [0.717, 1.165) is 11.3 Å². The molecule has 128 valence electrons. The van der Waals surface area contributed by atoms with E-state index in [1.807, 2.05) is 38.4 Å². The summed E-state index contributed by atoms with van der Waals surface area (Å²) in [7, 11) is 5.25. The summed E-state index contributed by atoms with van der Waals surface area (Å²) in [6.45, 7) is 2.46. The van der Waals surface area contributed by atoms with Crippen molar-refractivity contribution in [2.45, 2.75) is 13.5 Å². The van der Waals surface area contributed by atoms with Crippen LogP contribution >= 0.6 is 0 Å². The van der Waals surface area contributed by atoms with E-state index in [-0.39, 0.29) is 6.61 Å². The van der Waals surface area contributed by atoms with Gasteiger partial charge in [0.05, 0.1) is 20.3 Å². The second-order valence-electron chi connectivity index (χ2n) is 5.24. The summed E-state index contributed by atoms with van der Waals surface area (Å²) in [6.07, 6.45) is 1.65. The van der Waals surface area contributed by atoms with E-state index >= 15 is 0 Å². The van der Waals surface area contributed by atoms with Gasteiger partial charge >= 0.3 is 5.97 Å². The highest BCUT2D eigenvalue weighted by molar-refractivity contribution is 6.15. The van der Waals surface area contributed by atoms with Crippen molar-refractivity contribution in [1.29, 1.82) is 0 Å². The summed E-state index contributed by atoms with van der Waals surface area (Å²) in [4.78, 5) is 14.0. The van der Waals surface area contributed by atoms with Gasteiger partial charge in [-0.3, -0.25) is 0 Å². The molecule has 2 rings (SSSR count). The monoisotopic (exact) mass is 331 g/mol. The van der Waals surface area contributed by atoms with Gasteiger partial charge in [-0.2, -0.15) is 0 Å². The summed E-state index contributed by atoms with van der Waals surface area (Å²) < 4.78 is 11.8. The molecule has 1 aromatic heterocycles. The molecule has 0 aliphatic carbocycles. The SMILES string of the molecule is CCOC(=O)/C(=C/N(C)C)c1nnnn1Cc1ccc(OC)cc1. The minimum absolute atomic E-state index is 0.281. The molecule has 0 saturated heterocycles. The van der Waals surface area contributed by atoms with Crippen molar-refractivity contribution in [2.24, 2.45) is 0 Å². The summed E-state index contributed by atoms with van der Waals surface area (Å²) in [6, 6.07) is 7.57. The zero-order valence-corrected chi connectivity index (χ0v) is 14.3. The van der Waals surface area contributed by atoms with Crippen LogP contribution < -0.4 is 4.74 Å². The van der Waals surface area contributed by atoms with Gasteiger partial charge in [-0.05, 0) is 35.0 Å². The summed E-state index contributed by atoms with van der Waals surface area (Å²) in [5, 5.41) is 11.7. The van der Waals surface area contributed by atoms with Crippen LogP contribution in [0.25, 0.3) is 5.57 Å². The van der Waals surface area contributed by atoms with E-state index in [9.17, 15) is 4.79 Å². The van der Waals surface area contributed by atoms with Crippen LogP contribution in [0.15, 0.2) is 30.5 Å². The fourth-order valence-corrected chi connectivity index (χ4v) is 2.08. The van der Waals surface area contributed by atoms with Crippen LogP contribution in [0.2, 0.25) is 0 Å². The molecule has 0 spiro atoms. The Morgan fingerprint density at radius 1 is 1.29 bits per heavy atom. The van der Waals surface area contributed by atoms with E-state index in [1.165, 1.54) is 0 Å². The molecule has 0 saturated carbocycles. The number of nitrogens with zero attached hydrogens (tertiary/aromatic N) is 5. The first-order valence-corrected chi connectivity index (χ1v) is 7.50. The molecule has 0 fully saturated rings. The number of benzene rings is 1. The maximum Gasteiger partial charge on any atom is 0.343 e. The van der Waals surface area contributed by atoms with E-state index < -0.39 is 5.97 Å². The molecule has 0 radical (unpaired) electrons. The predicted molar refractivity (Wildman–Crippen MR) is 88.2 cm³/mol. The van der Waals surface area contributed by atoms with Gasteiger partial charge < -0.3 is 14.4 Å². The molecule has 24 heavy (non-hydrogen) atoms. The van der Waals surface area contributed by atoms with Gasteiger partial charge in [-0.1, -0.05) is 12.1 Å². The lowest BCUT2D eigenvalue weighted by atomic mass is 10.2. The molecular formula is C16H21N5O3. The molecule has 2 aromatic rings. The number of tetrazole rings is 1. The van der Waals surface area contributed by atoms with Crippen molar-refractivity contribution in [1.82, 2.24) is 25.1 Å². The van der Waals surface area contributed by atoms with Crippen LogP contribution in [0.1, 0.15) is 18.3 Å². The zero-order chi connectivity index (χ0) is 17.5. The lowest BCUT2D eigenvalue weighted by Gasteiger charge is -2.11. The lowest BCUT2D eigenvalue weighted by Crippen LogP contribution is -2.16. The number of esters is 1. The summed E-state index contributed by atoms with van der Waals surface area (Å²) >= 11 is 0. The van der Waals surface area contributed by atoms with Crippen LogP contribution in [0.4, 0.5) is 0 Å². The first-order chi connectivity index (χ1) is 11.5. The van der Waals surface area contributed by atoms with E-state index in [0.29, 0.717) is 17.9 Å². The number of rotatable bonds is 7. The molecule has 0 amide bonds. The maximum atomic E-state index is 12.2. The van der Waals surface area contributed by atoms with Gasteiger partial charge in [0.2, 0.25) is 0 Å². The molecule has 0 atom stereocenters. The third-order valence-corrected chi connectivity index (χ3v) is 3.15. The first kappa shape index (κ1) is 17.5. The summed E-state index contributed by atoms with van der Waals surface area (Å²) in [5.74, 6) is 0.672. The Balaban J connectivity index is 2.30. The maximum absolute atomic E-state index is 12.2. The number of hydrogen-bond donors (Lipinski definition) is 0. The molecule has 0 bridgehead atoms. The van der Waals surface area contributed by atoms with Crippen molar-refractivity contribution in [3.8, 4) is 5.75 Å². The Morgan fingerprint density at radius 2 is 2.00 bits per heavy atom. The van der Waals surface area contributed by atoms with Crippen molar-refractivity contribution in [3.05, 3.63) is 41.9 Å². The quantitative estimate of drug-likeness (QED) is 0.557. The molecule has 1 heterocycles. The fraction of sp³-hybridized carbons (Fsp3) is 0.375. The predicted octanol–water partition coefficient (Wildman–Crippen LogP) is 1.20. The molecule has 0 aliphatic heterocycles. The Bertz CT molecular complexity index is 707. The standard InChI is InChI=1S/C16H21N5O3/c1-5-24-16(22)14(11-20(2)3)15-17-18-19-21(15)10-12-6-8-13(23-4)9-7-12/h6-9,11H,5,10H2,1-4H3/b14-11+. The van der Waals surface area contributed by atoms with Gasteiger partial charge in [0.25, 0.3) is 0 Å². The number of methoxy groups -OCH3 is 1. The highest BCUT2D eigenvalue weighted by Crippen LogP contribution is 2.16. The normalized spacial score (nSPS) is 11.2. The highest BCUT2D eigenvalue weighted by atomic mass is 16.5. The molecular weight excluding hydrogens is 310 g/mol. The Morgan fingerprint density at radius 3 is 2.58 bits per heavy atom. The second-order valence-corrected chi connectivity index (χ2v) is 5.24. The second kappa shape index (κ2) is 8.09.